The molecule has 0 radical (unpaired) electrons. The molecule has 0 unspecified atom stereocenters. The fraction of sp³-hybridized carbons (Fsp3) is 0.400. The third-order valence-electron chi connectivity index (χ3n) is 3.87. The van der Waals surface area contributed by atoms with Crippen molar-refractivity contribution < 1.29 is 0 Å². The molecule has 0 N–H and O–H groups in total. The zero-order chi connectivity index (χ0) is 12.5. The standard InChI is InChI=1S/C15H17ClN2/c1-18(13-6-4-7-13)15-14-8-3-2-5-11(14)9-12(10-16)17-15/h2-3,5,8-9,13H,4,6-7,10H2,1H3. The zero-order valence-electron chi connectivity index (χ0n) is 10.6. The van der Waals surface area contributed by atoms with Crippen LogP contribution in [0.4, 0.5) is 5.82 Å². The Morgan fingerprint density at radius 1 is 1.33 bits per heavy atom. The summed E-state index contributed by atoms with van der Waals surface area (Å²) in [6.45, 7) is 0. The molecule has 1 saturated carbocycles. The van der Waals surface area contributed by atoms with Gasteiger partial charge in [-0.2, -0.15) is 0 Å². The van der Waals surface area contributed by atoms with Crippen LogP contribution < -0.4 is 4.90 Å². The molecule has 0 amide bonds. The number of rotatable bonds is 3. The Labute approximate surface area is 113 Å². The van der Waals surface area contributed by atoms with Crippen molar-refractivity contribution in [3.8, 4) is 0 Å². The van der Waals surface area contributed by atoms with Gasteiger partial charge in [-0.05, 0) is 30.7 Å². The molecular weight excluding hydrogens is 244 g/mol. The molecule has 0 aliphatic heterocycles. The van der Waals surface area contributed by atoms with E-state index in [0.29, 0.717) is 11.9 Å². The van der Waals surface area contributed by atoms with E-state index in [2.05, 4.69) is 42.3 Å². The lowest BCUT2D eigenvalue weighted by molar-refractivity contribution is 0.400. The van der Waals surface area contributed by atoms with Crippen LogP contribution in [0.2, 0.25) is 0 Å². The molecule has 0 atom stereocenters. The predicted octanol–water partition coefficient (Wildman–Crippen LogP) is 3.96. The van der Waals surface area contributed by atoms with Crippen molar-refractivity contribution in [1.82, 2.24) is 4.98 Å². The van der Waals surface area contributed by atoms with E-state index < -0.39 is 0 Å². The quantitative estimate of drug-likeness (QED) is 0.777. The van der Waals surface area contributed by atoms with E-state index in [1.165, 1.54) is 30.0 Å². The molecular formula is C15H17ClN2. The first-order valence-corrected chi connectivity index (χ1v) is 7.00. The Hall–Kier alpha value is -1.28. The van der Waals surface area contributed by atoms with Gasteiger partial charge in [0.05, 0.1) is 11.6 Å². The lowest BCUT2D eigenvalue weighted by Gasteiger charge is -2.36. The molecule has 0 saturated heterocycles. The molecule has 2 nitrogen and oxygen atoms in total. The van der Waals surface area contributed by atoms with Gasteiger partial charge in [-0.1, -0.05) is 24.3 Å². The van der Waals surface area contributed by atoms with Crippen LogP contribution in [-0.2, 0) is 5.88 Å². The second kappa shape index (κ2) is 4.77. The Bertz CT molecular complexity index is 563. The van der Waals surface area contributed by atoms with Crippen LogP contribution in [0.3, 0.4) is 0 Å². The molecule has 3 rings (SSSR count). The molecule has 1 aromatic heterocycles. The second-order valence-corrected chi connectivity index (χ2v) is 5.25. The SMILES string of the molecule is CN(c1nc(CCl)cc2ccccc12)C1CCC1. The highest BCUT2D eigenvalue weighted by Crippen LogP contribution is 2.32. The van der Waals surface area contributed by atoms with Crippen molar-refractivity contribution in [1.29, 1.82) is 0 Å². The monoisotopic (exact) mass is 260 g/mol. The van der Waals surface area contributed by atoms with Crippen LogP contribution in [0, 0.1) is 0 Å². The fourth-order valence-corrected chi connectivity index (χ4v) is 2.66. The Kier molecular flexibility index (Phi) is 3.13. The van der Waals surface area contributed by atoms with Crippen molar-refractivity contribution in [2.75, 3.05) is 11.9 Å². The molecule has 0 bridgehead atoms. The summed E-state index contributed by atoms with van der Waals surface area (Å²) in [5.41, 5.74) is 0.955. The lowest BCUT2D eigenvalue weighted by Crippen LogP contribution is -2.37. The highest BCUT2D eigenvalue weighted by molar-refractivity contribution is 6.17. The van der Waals surface area contributed by atoms with Gasteiger partial charge in [0, 0.05) is 18.5 Å². The Morgan fingerprint density at radius 3 is 2.78 bits per heavy atom. The Morgan fingerprint density at radius 2 is 2.11 bits per heavy atom. The van der Waals surface area contributed by atoms with Crippen LogP contribution in [0.5, 0.6) is 0 Å². The minimum Gasteiger partial charge on any atom is -0.356 e. The second-order valence-electron chi connectivity index (χ2n) is 4.99. The van der Waals surface area contributed by atoms with Gasteiger partial charge in [0.25, 0.3) is 0 Å². The van der Waals surface area contributed by atoms with Gasteiger partial charge < -0.3 is 4.90 Å². The molecule has 94 valence electrons. The van der Waals surface area contributed by atoms with Crippen LogP contribution >= 0.6 is 11.6 Å². The number of alkyl halides is 1. The molecule has 1 heterocycles. The summed E-state index contributed by atoms with van der Waals surface area (Å²) in [6, 6.07) is 11.1. The number of hydrogen-bond donors (Lipinski definition) is 0. The number of benzene rings is 1. The highest BCUT2D eigenvalue weighted by Gasteiger charge is 2.24. The molecule has 18 heavy (non-hydrogen) atoms. The van der Waals surface area contributed by atoms with Crippen LogP contribution in [0.25, 0.3) is 10.8 Å². The first-order chi connectivity index (χ1) is 8.79. The van der Waals surface area contributed by atoms with E-state index in [0.717, 1.165) is 11.5 Å². The van der Waals surface area contributed by atoms with Gasteiger partial charge in [0.2, 0.25) is 0 Å². The summed E-state index contributed by atoms with van der Waals surface area (Å²) >= 11 is 5.95. The molecule has 2 aromatic rings. The number of aromatic nitrogens is 1. The maximum atomic E-state index is 5.95. The Balaban J connectivity index is 2.12. The van der Waals surface area contributed by atoms with Gasteiger partial charge in [-0.15, -0.1) is 11.6 Å². The summed E-state index contributed by atoms with van der Waals surface area (Å²) in [7, 11) is 2.15. The molecule has 1 aliphatic rings. The highest BCUT2D eigenvalue weighted by atomic mass is 35.5. The fourth-order valence-electron chi connectivity index (χ4n) is 2.52. The number of anilines is 1. The van der Waals surface area contributed by atoms with Crippen LogP contribution in [-0.4, -0.2) is 18.1 Å². The van der Waals surface area contributed by atoms with E-state index in [1.54, 1.807) is 0 Å². The number of hydrogen-bond acceptors (Lipinski definition) is 2. The minimum absolute atomic E-state index is 0.469. The third-order valence-corrected chi connectivity index (χ3v) is 4.14. The minimum atomic E-state index is 0.469. The molecule has 0 spiro atoms. The number of halogens is 1. The number of pyridine rings is 1. The largest absolute Gasteiger partial charge is 0.356 e. The molecule has 3 heteroatoms. The topological polar surface area (TPSA) is 16.1 Å². The van der Waals surface area contributed by atoms with E-state index >= 15 is 0 Å². The zero-order valence-corrected chi connectivity index (χ0v) is 11.3. The normalized spacial score (nSPS) is 15.7. The maximum Gasteiger partial charge on any atom is 0.136 e. The first-order valence-electron chi connectivity index (χ1n) is 6.47. The van der Waals surface area contributed by atoms with Gasteiger partial charge in [0.1, 0.15) is 5.82 Å². The van der Waals surface area contributed by atoms with E-state index in [-0.39, 0.29) is 0 Å². The van der Waals surface area contributed by atoms with E-state index in [9.17, 15) is 0 Å². The first kappa shape index (κ1) is 11.8. The summed E-state index contributed by atoms with van der Waals surface area (Å²) < 4.78 is 0. The smallest absolute Gasteiger partial charge is 0.136 e. The average molecular weight is 261 g/mol. The maximum absolute atomic E-state index is 5.95. The summed E-state index contributed by atoms with van der Waals surface area (Å²) in [5.74, 6) is 1.55. The van der Waals surface area contributed by atoms with Crippen LogP contribution in [0.1, 0.15) is 25.0 Å². The molecule has 1 fully saturated rings. The summed E-state index contributed by atoms with van der Waals surface area (Å²) in [4.78, 5) is 7.04. The van der Waals surface area contributed by atoms with Gasteiger partial charge in [-0.25, -0.2) is 4.98 Å². The van der Waals surface area contributed by atoms with Gasteiger partial charge >= 0.3 is 0 Å². The summed E-state index contributed by atoms with van der Waals surface area (Å²) in [6.07, 6.45) is 3.89. The average Bonchev–Trinajstić information content (AvgIpc) is 2.35. The number of nitrogens with zero attached hydrogens (tertiary/aromatic N) is 2. The molecule has 1 aliphatic carbocycles. The van der Waals surface area contributed by atoms with Crippen molar-refractivity contribution in [2.45, 2.75) is 31.2 Å². The van der Waals surface area contributed by atoms with E-state index in [1.807, 2.05) is 0 Å². The van der Waals surface area contributed by atoms with Gasteiger partial charge in [-0.3, -0.25) is 0 Å². The van der Waals surface area contributed by atoms with Crippen molar-refractivity contribution in [2.24, 2.45) is 0 Å². The number of fused-ring (bicyclic) bond motifs is 1. The summed E-state index contributed by atoms with van der Waals surface area (Å²) in [5, 5.41) is 2.45. The lowest BCUT2D eigenvalue weighted by atomic mass is 9.91. The predicted molar refractivity (Wildman–Crippen MR) is 77.3 cm³/mol. The van der Waals surface area contributed by atoms with E-state index in [4.69, 9.17) is 16.6 Å². The van der Waals surface area contributed by atoms with Crippen molar-refractivity contribution in [3.63, 3.8) is 0 Å². The van der Waals surface area contributed by atoms with Crippen LogP contribution in [0.15, 0.2) is 30.3 Å². The van der Waals surface area contributed by atoms with Gasteiger partial charge in [0.15, 0.2) is 0 Å². The third kappa shape index (κ3) is 1.95. The van der Waals surface area contributed by atoms with Crippen molar-refractivity contribution >= 4 is 28.2 Å². The van der Waals surface area contributed by atoms with Crippen molar-refractivity contribution in [3.05, 3.63) is 36.0 Å². The molecule has 1 aromatic carbocycles.